The lowest BCUT2D eigenvalue weighted by atomic mass is 10.0. The van der Waals surface area contributed by atoms with E-state index in [0.29, 0.717) is 6.04 Å². The summed E-state index contributed by atoms with van der Waals surface area (Å²) in [5, 5.41) is 3.90. The van der Waals surface area contributed by atoms with Crippen LogP contribution in [0, 0.1) is 0 Å². The quantitative estimate of drug-likeness (QED) is 0.901. The molecule has 1 aromatic carbocycles. The largest absolute Gasteiger partial charge is 0.310 e. The topological polar surface area (TPSA) is 29.1 Å². The molecule has 3 atom stereocenters. The summed E-state index contributed by atoms with van der Waals surface area (Å²) in [4.78, 5) is 1.41. The minimum Gasteiger partial charge on any atom is -0.310 e. The predicted molar refractivity (Wildman–Crippen MR) is 80.7 cm³/mol. The lowest BCUT2D eigenvalue weighted by Gasteiger charge is -2.26. The average molecular weight is 283 g/mol. The first-order valence-corrected chi connectivity index (χ1v) is 9.06. The van der Waals surface area contributed by atoms with E-state index in [1.165, 1.54) is 22.6 Å². The van der Waals surface area contributed by atoms with Crippen molar-refractivity contribution in [1.29, 1.82) is 0 Å². The molecule has 100 valence electrons. The van der Waals surface area contributed by atoms with Gasteiger partial charge in [0.05, 0.1) is 0 Å². The highest BCUT2D eigenvalue weighted by Crippen LogP contribution is 2.35. The molecule has 1 aliphatic rings. The highest BCUT2D eigenvalue weighted by atomic mass is 32.2. The molecule has 1 aliphatic heterocycles. The number of thioether (sulfide) groups is 1. The van der Waals surface area contributed by atoms with E-state index in [4.69, 9.17) is 0 Å². The third kappa shape index (κ3) is 3.59. The number of hydrogen-bond acceptors (Lipinski definition) is 3. The van der Waals surface area contributed by atoms with Gasteiger partial charge in [0.25, 0.3) is 0 Å². The Kier molecular flexibility index (Phi) is 5.27. The Labute approximate surface area is 116 Å². The predicted octanol–water partition coefficient (Wildman–Crippen LogP) is 2.97. The summed E-state index contributed by atoms with van der Waals surface area (Å²) in [7, 11) is -0.706. The summed E-state index contributed by atoms with van der Waals surface area (Å²) in [5.74, 6) is 1.18. The van der Waals surface area contributed by atoms with E-state index >= 15 is 0 Å². The Bertz CT molecular complexity index is 422. The van der Waals surface area contributed by atoms with E-state index < -0.39 is 10.8 Å². The number of nitrogens with one attached hydrogen (secondary N) is 1. The van der Waals surface area contributed by atoms with E-state index in [9.17, 15) is 4.21 Å². The maximum atomic E-state index is 11.3. The molecule has 0 spiro atoms. The normalized spacial score (nSPS) is 22.2. The number of hydrogen-bond donors (Lipinski definition) is 1. The molecule has 0 aliphatic carbocycles. The van der Waals surface area contributed by atoms with Gasteiger partial charge in [0.15, 0.2) is 0 Å². The second-order valence-electron chi connectivity index (χ2n) is 4.78. The molecule has 18 heavy (non-hydrogen) atoms. The molecule has 2 nitrogen and oxygen atoms in total. The van der Waals surface area contributed by atoms with Crippen LogP contribution in [-0.4, -0.2) is 28.0 Å². The zero-order valence-electron chi connectivity index (χ0n) is 11.0. The van der Waals surface area contributed by atoms with Crippen LogP contribution in [0.1, 0.15) is 31.4 Å². The maximum absolute atomic E-state index is 11.3. The Morgan fingerprint density at radius 3 is 3.06 bits per heavy atom. The van der Waals surface area contributed by atoms with Gasteiger partial charge in [-0.15, -0.1) is 11.8 Å². The van der Waals surface area contributed by atoms with Crippen LogP contribution < -0.4 is 5.32 Å². The maximum Gasteiger partial charge on any atom is 0.0339 e. The van der Waals surface area contributed by atoms with Crippen molar-refractivity contribution in [2.75, 3.05) is 18.6 Å². The Hall–Kier alpha value is -0.320. The van der Waals surface area contributed by atoms with E-state index in [0.717, 1.165) is 13.0 Å². The highest BCUT2D eigenvalue weighted by molar-refractivity contribution is 7.99. The first kappa shape index (κ1) is 14.1. The van der Waals surface area contributed by atoms with Crippen molar-refractivity contribution in [3.05, 3.63) is 29.8 Å². The van der Waals surface area contributed by atoms with Gasteiger partial charge in [-0.1, -0.05) is 25.1 Å². The van der Waals surface area contributed by atoms with Gasteiger partial charge in [-0.3, -0.25) is 4.21 Å². The van der Waals surface area contributed by atoms with Crippen LogP contribution in [-0.2, 0) is 10.8 Å². The smallest absolute Gasteiger partial charge is 0.0339 e. The van der Waals surface area contributed by atoms with Gasteiger partial charge in [-0.05, 0) is 36.8 Å². The van der Waals surface area contributed by atoms with Gasteiger partial charge >= 0.3 is 0 Å². The minimum atomic E-state index is -0.706. The van der Waals surface area contributed by atoms with Gasteiger partial charge in [0.2, 0.25) is 0 Å². The van der Waals surface area contributed by atoms with Crippen molar-refractivity contribution in [3.63, 3.8) is 0 Å². The molecule has 1 aromatic rings. The van der Waals surface area contributed by atoms with Crippen LogP contribution in [0.3, 0.4) is 0 Å². The third-order valence-corrected chi connectivity index (χ3v) is 5.96. The molecule has 0 saturated heterocycles. The molecule has 0 aromatic heterocycles. The summed E-state index contributed by atoms with van der Waals surface area (Å²) < 4.78 is 11.3. The molecule has 0 saturated carbocycles. The summed E-state index contributed by atoms with van der Waals surface area (Å²) >= 11 is 1.95. The monoisotopic (exact) mass is 283 g/mol. The number of rotatable bonds is 5. The molecular weight excluding hydrogens is 262 g/mol. The first-order chi connectivity index (χ1) is 8.68. The summed E-state index contributed by atoms with van der Waals surface area (Å²) in [6, 6.07) is 9.12. The molecule has 0 amide bonds. The Balaban J connectivity index is 1.90. The lowest BCUT2D eigenvalue weighted by Crippen LogP contribution is -2.28. The summed E-state index contributed by atoms with van der Waals surface area (Å²) in [6.45, 7) is 3.01. The van der Waals surface area contributed by atoms with E-state index in [1.54, 1.807) is 6.26 Å². The van der Waals surface area contributed by atoms with Gasteiger partial charge in [-0.25, -0.2) is 0 Å². The lowest BCUT2D eigenvalue weighted by molar-refractivity contribution is 0.500. The summed E-state index contributed by atoms with van der Waals surface area (Å²) in [5.41, 5.74) is 1.43. The standard InChI is InChI=1S/C14H21NOS2/c1-11(18(2)16)7-9-15-13-8-10-17-14-6-4-3-5-12(13)14/h3-6,11,13,15H,7-10H2,1-2H3. The molecule has 0 bridgehead atoms. The molecule has 0 radical (unpaired) electrons. The average Bonchev–Trinajstić information content (AvgIpc) is 2.38. The zero-order chi connectivity index (χ0) is 13.0. The fourth-order valence-corrected chi connectivity index (χ4v) is 3.76. The summed E-state index contributed by atoms with van der Waals surface area (Å²) in [6.07, 6.45) is 3.96. The number of fused-ring (bicyclic) bond motifs is 1. The van der Waals surface area contributed by atoms with Crippen molar-refractivity contribution in [2.24, 2.45) is 0 Å². The van der Waals surface area contributed by atoms with E-state index in [-0.39, 0.29) is 5.25 Å². The van der Waals surface area contributed by atoms with Crippen LogP contribution in [0.25, 0.3) is 0 Å². The van der Waals surface area contributed by atoms with Crippen LogP contribution in [0.4, 0.5) is 0 Å². The van der Waals surface area contributed by atoms with Crippen LogP contribution in [0.2, 0.25) is 0 Å². The third-order valence-electron chi connectivity index (χ3n) is 3.47. The van der Waals surface area contributed by atoms with Crippen molar-refractivity contribution >= 4 is 22.6 Å². The zero-order valence-corrected chi connectivity index (χ0v) is 12.7. The van der Waals surface area contributed by atoms with Crippen molar-refractivity contribution in [1.82, 2.24) is 5.32 Å². The van der Waals surface area contributed by atoms with Crippen LogP contribution in [0.5, 0.6) is 0 Å². The van der Waals surface area contributed by atoms with Gasteiger partial charge in [0.1, 0.15) is 0 Å². The van der Waals surface area contributed by atoms with E-state index in [2.05, 4.69) is 36.5 Å². The van der Waals surface area contributed by atoms with Crippen molar-refractivity contribution in [2.45, 2.75) is 36.0 Å². The van der Waals surface area contributed by atoms with E-state index in [1.807, 2.05) is 11.8 Å². The highest BCUT2D eigenvalue weighted by Gasteiger charge is 2.19. The SMILES string of the molecule is CC(CCNC1CCSc2ccccc21)S(C)=O. The second-order valence-corrected chi connectivity index (χ2v) is 7.72. The molecular formula is C14H21NOS2. The molecule has 1 heterocycles. The molecule has 0 fully saturated rings. The van der Waals surface area contributed by atoms with Gasteiger partial charge < -0.3 is 5.32 Å². The Morgan fingerprint density at radius 2 is 2.28 bits per heavy atom. The van der Waals surface area contributed by atoms with Crippen LogP contribution in [0.15, 0.2) is 29.2 Å². The fourth-order valence-electron chi connectivity index (χ4n) is 2.18. The second kappa shape index (κ2) is 6.73. The van der Waals surface area contributed by atoms with Gasteiger partial charge in [0, 0.05) is 33.2 Å². The molecule has 2 rings (SSSR count). The minimum absolute atomic E-state index is 0.283. The van der Waals surface area contributed by atoms with Gasteiger partial charge in [-0.2, -0.15) is 0 Å². The Morgan fingerprint density at radius 1 is 1.50 bits per heavy atom. The first-order valence-electron chi connectivity index (χ1n) is 6.46. The molecule has 1 N–H and O–H groups in total. The van der Waals surface area contributed by atoms with Crippen molar-refractivity contribution in [3.8, 4) is 0 Å². The fraction of sp³-hybridized carbons (Fsp3) is 0.571. The van der Waals surface area contributed by atoms with Crippen molar-refractivity contribution < 1.29 is 4.21 Å². The van der Waals surface area contributed by atoms with Crippen LogP contribution >= 0.6 is 11.8 Å². The molecule has 4 heteroatoms. The number of benzene rings is 1. The molecule has 3 unspecified atom stereocenters.